The average molecular weight is 156 g/mol. The summed E-state index contributed by atoms with van der Waals surface area (Å²) in [7, 11) is 0. The molecule has 0 aliphatic carbocycles. The molecule has 0 amide bonds. The number of esters is 2. The molecular formula is C8H12O3. The van der Waals surface area contributed by atoms with Crippen molar-refractivity contribution in [1.29, 1.82) is 0 Å². The Morgan fingerprint density at radius 3 is 1.73 bits per heavy atom. The van der Waals surface area contributed by atoms with Gasteiger partial charge >= 0.3 is 11.9 Å². The largest absolute Gasteiger partial charge is 0.393 e. The molecule has 0 N–H and O–H groups in total. The summed E-state index contributed by atoms with van der Waals surface area (Å²) in [4.78, 5) is 21.9. The number of cyclic esters (lactones) is 2. The van der Waals surface area contributed by atoms with Crippen LogP contribution in [0.1, 0.15) is 26.7 Å². The molecule has 0 aromatic carbocycles. The van der Waals surface area contributed by atoms with Gasteiger partial charge in [0.1, 0.15) is 0 Å². The van der Waals surface area contributed by atoms with E-state index in [9.17, 15) is 9.59 Å². The molecule has 0 radical (unpaired) electrons. The van der Waals surface area contributed by atoms with E-state index in [1.54, 1.807) is 0 Å². The van der Waals surface area contributed by atoms with Crippen LogP contribution >= 0.6 is 0 Å². The van der Waals surface area contributed by atoms with Gasteiger partial charge in [0.25, 0.3) is 0 Å². The standard InChI is InChI=1S/C8H12O3/c1-3-5-6(4-2)8(10)11-7(5)9/h5-6H,3-4H2,1-2H3/t5-,6+. The van der Waals surface area contributed by atoms with Crippen molar-refractivity contribution < 1.29 is 14.3 Å². The molecule has 2 atom stereocenters. The van der Waals surface area contributed by atoms with Crippen molar-refractivity contribution in [2.75, 3.05) is 0 Å². The highest BCUT2D eigenvalue weighted by molar-refractivity contribution is 5.96. The molecule has 1 aliphatic heterocycles. The van der Waals surface area contributed by atoms with Gasteiger partial charge in [0.15, 0.2) is 0 Å². The van der Waals surface area contributed by atoms with Crippen molar-refractivity contribution >= 4 is 11.9 Å². The van der Waals surface area contributed by atoms with Gasteiger partial charge in [-0.3, -0.25) is 9.59 Å². The summed E-state index contributed by atoms with van der Waals surface area (Å²) in [5, 5.41) is 0. The highest BCUT2D eigenvalue weighted by Crippen LogP contribution is 2.28. The zero-order chi connectivity index (χ0) is 8.43. The molecule has 0 aromatic rings. The topological polar surface area (TPSA) is 43.4 Å². The third-order valence-electron chi connectivity index (χ3n) is 2.17. The molecule has 11 heavy (non-hydrogen) atoms. The second-order valence-corrected chi connectivity index (χ2v) is 2.77. The van der Waals surface area contributed by atoms with Crippen molar-refractivity contribution in [3.8, 4) is 0 Å². The Labute approximate surface area is 65.7 Å². The van der Waals surface area contributed by atoms with Crippen molar-refractivity contribution in [2.45, 2.75) is 26.7 Å². The first-order valence-electron chi connectivity index (χ1n) is 3.96. The van der Waals surface area contributed by atoms with E-state index in [1.807, 2.05) is 13.8 Å². The number of ether oxygens (including phenoxy) is 1. The lowest BCUT2D eigenvalue weighted by atomic mass is 9.91. The fourth-order valence-corrected chi connectivity index (χ4v) is 1.48. The van der Waals surface area contributed by atoms with Crippen LogP contribution in [0.15, 0.2) is 0 Å². The maximum Gasteiger partial charge on any atom is 0.317 e. The Hall–Kier alpha value is -0.860. The van der Waals surface area contributed by atoms with Gasteiger partial charge in [0.2, 0.25) is 0 Å². The molecule has 3 nitrogen and oxygen atoms in total. The van der Waals surface area contributed by atoms with Crippen molar-refractivity contribution in [3.63, 3.8) is 0 Å². The summed E-state index contributed by atoms with van der Waals surface area (Å²) in [5.41, 5.74) is 0. The van der Waals surface area contributed by atoms with Gasteiger partial charge in [-0.2, -0.15) is 0 Å². The Kier molecular flexibility index (Phi) is 2.27. The first-order chi connectivity index (χ1) is 5.20. The van der Waals surface area contributed by atoms with Gasteiger partial charge < -0.3 is 4.74 Å². The highest BCUT2D eigenvalue weighted by atomic mass is 16.6. The van der Waals surface area contributed by atoms with E-state index in [2.05, 4.69) is 4.74 Å². The summed E-state index contributed by atoms with van der Waals surface area (Å²) in [5.74, 6) is -1.06. The molecular weight excluding hydrogens is 144 g/mol. The van der Waals surface area contributed by atoms with E-state index in [4.69, 9.17) is 0 Å². The van der Waals surface area contributed by atoms with Crippen molar-refractivity contribution in [2.24, 2.45) is 11.8 Å². The van der Waals surface area contributed by atoms with E-state index in [1.165, 1.54) is 0 Å². The zero-order valence-corrected chi connectivity index (χ0v) is 6.79. The van der Waals surface area contributed by atoms with Crippen LogP contribution in [0.25, 0.3) is 0 Å². The minimum atomic E-state index is -0.343. The maximum atomic E-state index is 10.9. The molecule has 1 aliphatic rings. The second kappa shape index (κ2) is 3.03. The SMILES string of the molecule is CC[C@@H]1C(=O)OC(=O)[C@@H]1CC. The number of carbonyl (C=O) groups excluding carboxylic acids is 2. The molecule has 3 heteroatoms. The van der Waals surface area contributed by atoms with Crippen molar-refractivity contribution in [1.82, 2.24) is 0 Å². The Balaban J connectivity index is 2.74. The summed E-state index contributed by atoms with van der Waals surface area (Å²) < 4.78 is 4.49. The number of rotatable bonds is 2. The van der Waals surface area contributed by atoms with Crippen LogP contribution in [-0.2, 0) is 14.3 Å². The van der Waals surface area contributed by atoms with E-state index >= 15 is 0 Å². The third kappa shape index (κ3) is 1.27. The normalized spacial score (nSPS) is 30.7. The summed E-state index contributed by atoms with van der Waals surface area (Å²) >= 11 is 0. The van der Waals surface area contributed by atoms with Gasteiger partial charge in [-0.15, -0.1) is 0 Å². The average Bonchev–Trinajstić information content (AvgIpc) is 2.24. The van der Waals surface area contributed by atoms with Crippen molar-refractivity contribution in [3.05, 3.63) is 0 Å². The molecule has 1 rings (SSSR count). The van der Waals surface area contributed by atoms with E-state index in [0.717, 1.165) is 0 Å². The molecule has 62 valence electrons. The molecule has 1 heterocycles. The van der Waals surface area contributed by atoms with Gasteiger partial charge in [-0.1, -0.05) is 13.8 Å². The molecule has 0 bridgehead atoms. The van der Waals surface area contributed by atoms with Gasteiger partial charge in [0.05, 0.1) is 11.8 Å². The Morgan fingerprint density at radius 2 is 1.45 bits per heavy atom. The van der Waals surface area contributed by atoms with Crippen LogP contribution in [0.2, 0.25) is 0 Å². The van der Waals surface area contributed by atoms with Crippen LogP contribution in [-0.4, -0.2) is 11.9 Å². The van der Waals surface area contributed by atoms with E-state index < -0.39 is 0 Å². The minimum absolute atomic E-state index is 0.188. The molecule has 1 fully saturated rings. The quantitative estimate of drug-likeness (QED) is 0.444. The molecule has 0 aromatic heterocycles. The summed E-state index contributed by atoms with van der Waals surface area (Å²) in [6.07, 6.45) is 1.40. The lowest BCUT2D eigenvalue weighted by Gasteiger charge is -2.06. The minimum Gasteiger partial charge on any atom is -0.393 e. The van der Waals surface area contributed by atoms with Crippen LogP contribution in [0.3, 0.4) is 0 Å². The predicted octanol–water partition coefficient (Wildman–Crippen LogP) is 1.12. The predicted molar refractivity (Wildman–Crippen MR) is 38.7 cm³/mol. The Morgan fingerprint density at radius 1 is 1.09 bits per heavy atom. The van der Waals surface area contributed by atoms with Crippen LogP contribution < -0.4 is 0 Å². The maximum absolute atomic E-state index is 10.9. The smallest absolute Gasteiger partial charge is 0.317 e. The van der Waals surface area contributed by atoms with Gasteiger partial charge in [0, 0.05) is 0 Å². The summed E-state index contributed by atoms with van der Waals surface area (Å²) in [6, 6.07) is 0. The Bertz CT molecular complexity index is 166. The lowest BCUT2D eigenvalue weighted by Crippen LogP contribution is -2.15. The van der Waals surface area contributed by atoms with Gasteiger partial charge in [-0.05, 0) is 12.8 Å². The number of carbonyl (C=O) groups is 2. The lowest BCUT2D eigenvalue weighted by molar-refractivity contribution is -0.153. The molecule has 0 unspecified atom stereocenters. The van der Waals surface area contributed by atoms with Crippen LogP contribution in [0.5, 0.6) is 0 Å². The van der Waals surface area contributed by atoms with Crippen LogP contribution in [0, 0.1) is 11.8 Å². The fourth-order valence-electron chi connectivity index (χ4n) is 1.48. The zero-order valence-electron chi connectivity index (χ0n) is 6.79. The molecule has 1 saturated heterocycles. The first kappa shape index (κ1) is 8.24. The second-order valence-electron chi connectivity index (χ2n) is 2.77. The number of hydrogen-bond donors (Lipinski definition) is 0. The highest BCUT2D eigenvalue weighted by Gasteiger charge is 2.41. The first-order valence-corrected chi connectivity index (χ1v) is 3.96. The summed E-state index contributed by atoms with van der Waals surface area (Å²) in [6.45, 7) is 3.79. The molecule has 0 spiro atoms. The number of hydrogen-bond acceptors (Lipinski definition) is 3. The fraction of sp³-hybridized carbons (Fsp3) is 0.750. The third-order valence-corrected chi connectivity index (χ3v) is 2.17. The van der Waals surface area contributed by atoms with Gasteiger partial charge in [-0.25, -0.2) is 0 Å². The van der Waals surface area contributed by atoms with Crippen LogP contribution in [0.4, 0.5) is 0 Å². The van der Waals surface area contributed by atoms with E-state index in [0.29, 0.717) is 12.8 Å². The van der Waals surface area contributed by atoms with E-state index in [-0.39, 0.29) is 23.8 Å². The molecule has 0 saturated carbocycles. The monoisotopic (exact) mass is 156 g/mol.